The van der Waals surface area contributed by atoms with E-state index in [-0.39, 0.29) is 11.9 Å². The smallest absolute Gasteiger partial charge is 0.242 e. The van der Waals surface area contributed by atoms with E-state index in [9.17, 15) is 4.79 Å². The van der Waals surface area contributed by atoms with Crippen molar-refractivity contribution in [2.24, 2.45) is 5.73 Å². The van der Waals surface area contributed by atoms with Crippen molar-refractivity contribution in [1.82, 2.24) is 9.47 Å². The highest BCUT2D eigenvalue weighted by atomic mass is 16.2. The third-order valence-corrected chi connectivity index (χ3v) is 2.79. The quantitative estimate of drug-likeness (QED) is 0.765. The fourth-order valence-electron chi connectivity index (χ4n) is 1.97. The van der Waals surface area contributed by atoms with E-state index in [2.05, 4.69) is 0 Å². The highest BCUT2D eigenvalue weighted by Gasteiger charge is 2.20. The van der Waals surface area contributed by atoms with Gasteiger partial charge in [0.05, 0.1) is 0 Å². The Bertz CT molecular complexity index is 321. The monoisotopic (exact) mass is 207 g/mol. The normalized spacial score (nSPS) is 21.7. The van der Waals surface area contributed by atoms with E-state index in [1.807, 2.05) is 34.0 Å². The van der Waals surface area contributed by atoms with Crippen molar-refractivity contribution in [1.29, 1.82) is 0 Å². The molecule has 2 N–H and O–H groups in total. The molecule has 1 aromatic heterocycles. The van der Waals surface area contributed by atoms with E-state index in [0.717, 1.165) is 19.4 Å². The van der Waals surface area contributed by atoms with Gasteiger partial charge in [-0.05, 0) is 25.0 Å². The largest absolute Gasteiger partial charge is 0.345 e. The molecule has 1 atom stereocenters. The Labute approximate surface area is 89.7 Å². The summed E-state index contributed by atoms with van der Waals surface area (Å²) in [6.07, 6.45) is 5.87. The summed E-state index contributed by atoms with van der Waals surface area (Å²) in [5, 5.41) is 0. The molecule has 4 heteroatoms. The van der Waals surface area contributed by atoms with Gasteiger partial charge in [-0.2, -0.15) is 0 Å². The number of hydrogen-bond acceptors (Lipinski definition) is 2. The van der Waals surface area contributed by atoms with Crippen molar-refractivity contribution in [2.75, 3.05) is 13.1 Å². The van der Waals surface area contributed by atoms with Crippen molar-refractivity contribution in [3.05, 3.63) is 24.5 Å². The van der Waals surface area contributed by atoms with Gasteiger partial charge in [0.1, 0.15) is 6.54 Å². The van der Waals surface area contributed by atoms with Gasteiger partial charge in [-0.3, -0.25) is 4.79 Å². The van der Waals surface area contributed by atoms with Crippen molar-refractivity contribution in [3.63, 3.8) is 0 Å². The molecule has 1 fully saturated rings. The molecule has 15 heavy (non-hydrogen) atoms. The fraction of sp³-hybridized carbons (Fsp3) is 0.545. The number of carbonyl (C=O) groups is 1. The Kier molecular flexibility index (Phi) is 3.06. The maximum Gasteiger partial charge on any atom is 0.242 e. The molecular formula is C11H17N3O. The summed E-state index contributed by atoms with van der Waals surface area (Å²) < 4.78 is 1.89. The minimum absolute atomic E-state index is 0.160. The molecule has 1 aromatic rings. The van der Waals surface area contributed by atoms with Gasteiger partial charge in [0, 0.05) is 31.5 Å². The van der Waals surface area contributed by atoms with Gasteiger partial charge in [-0.15, -0.1) is 0 Å². The highest BCUT2D eigenvalue weighted by molar-refractivity contribution is 5.76. The zero-order valence-corrected chi connectivity index (χ0v) is 8.80. The van der Waals surface area contributed by atoms with Crippen LogP contribution in [0.1, 0.15) is 12.8 Å². The number of piperidine rings is 1. The minimum Gasteiger partial charge on any atom is -0.345 e. The zero-order valence-electron chi connectivity index (χ0n) is 8.80. The lowest BCUT2D eigenvalue weighted by atomic mass is 10.1. The van der Waals surface area contributed by atoms with E-state index >= 15 is 0 Å². The summed E-state index contributed by atoms with van der Waals surface area (Å²) in [6, 6.07) is 4.01. The number of aromatic nitrogens is 1. The average molecular weight is 207 g/mol. The summed E-state index contributed by atoms with van der Waals surface area (Å²) in [5.74, 6) is 0.168. The average Bonchev–Trinajstić information content (AvgIpc) is 2.70. The van der Waals surface area contributed by atoms with Crippen LogP contribution in [0.4, 0.5) is 0 Å². The molecule has 4 nitrogen and oxygen atoms in total. The Morgan fingerprint density at radius 2 is 2.13 bits per heavy atom. The van der Waals surface area contributed by atoms with Gasteiger partial charge in [0.15, 0.2) is 0 Å². The standard InChI is InChI=1S/C11H17N3O/c12-10-4-3-7-14(8-10)11(15)9-13-5-1-2-6-13/h1-2,5-6,10H,3-4,7-9,12H2. The van der Waals surface area contributed by atoms with Gasteiger partial charge in [-0.25, -0.2) is 0 Å². The van der Waals surface area contributed by atoms with E-state index in [1.54, 1.807) is 0 Å². The van der Waals surface area contributed by atoms with Crippen LogP contribution in [0.3, 0.4) is 0 Å². The molecule has 1 unspecified atom stereocenters. The number of rotatable bonds is 2. The van der Waals surface area contributed by atoms with E-state index < -0.39 is 0 Å². The molecule has 0 aliphatic carbocycles. The molecule has 0 saturated carbocycles. The molecule has 1 amide bonds. The molecular weight excluding hydrogens is 190 g/mol. The van der Waals surface area contributed by atoms with Crippen LogP contribution in [0, 0.1) is 0 Å². The van der Waals surface area contributed by atoms with Crippen LogP contribution in [0.15, 0.2) is 24.5 Å². The first-order valence-corrected chi connectivity index (χ1v) is 5.40. The van der Waals surface area contributed by atoms with Gasteiger partial charge in [0.2, 0.25) is 5.91 Å². The van der Waals surface area contributed by atoms with Crippen molar-refractivity contribution >= 4 is 5.91 Å². The van der Waals surface area contributed by atoms with Crippen LogP contribution >= 0.6 is 0 Å². The lowest BCUT2D eigenvalue weighted by molar-refractivity contribution is -0.133. The van der Waals surface area contributed by atoms with Crippen LogP contribution < -0.4 is 5.73 Å². The predicted octanol–water partition coefficient (Wildman–Crippen LogP) is 0.438. The molecule has 0 spiro atoms. The lowest BCUT2D eigenvalue weighted by Gasteiger charge is -2.30. The topological polar surface area (TPSA) is 51.3 Å². The first kappa shape index (κ1) is 10.2. The highest BCUT2D eigenvalue weighted by Crippen LogP contribution is 2.08. The van der Waals surface area contributed by atoms with Crippen LogP contribution in [0.25, 0.3) is 0 Å². The number of hydrogen-bond donors (Lipinski definition) is 1. The Balaban J connectivity index is 1.90. The second-order valence-electron chi connectivity index (χ2n) is 4.10. The maximum absolute atomic E-state index is 11.9. The van der Waals surface area contributed by atoms with E-state index in [4.69, 9.17) is 5.73 Å². The molecule has 1 aliphatic heterocycles. The van der Waals surface area contributed by atoms with Crippen LogP contribution in [0.2, 0.25) is 0 Å². The summed E-state index contributed by atoms with van der Waals surface area (Å²) in [5.41, 5.74) is 5.84. The Hall–Kier alpha value is -1.29. The summed E-state index contributed by atoms with van der Waals surface area (Å²) in [6.45, 7) is 1.99. The summed E-state index contributed by atoms with van der Waals surface area (Å²) in [4.78, 5) is 13.7. The van der Waals surface area contributed by atoms with Crippen LogP contribution in [-0.4, -0.2) is 34.5 Å². The number of nitrogens with two attached hydrogens (primary N) is 1. The van der Waals surface area contributed by atoms with Gasteiger partial charge in [-0.1, -0.05) is 0 Å². The number of amides is 1. The Morgan fingerprint density at radius 3 is 2.80 bits per heavy atom. The molecule has 0 aromatic carbocycles. The van der Waals surface area contributed by atoms with Gasteiger partial charge in [0.25, 0.3) is 0 Å². The molecule has 1 saturated heterocycles. The lowest BCUT2D eigenvalue weighted by Crippen LogP contribution is -2.46. The first-order valence-electron chi connectivity index (χ1n) is 5.40. The third kappa shape index (κ3) is 2.59. The second-order valence-corrected chi connectivity index (χ2v) is 4.10. The van der Waals surface area contributed by atoms with Crippen LogP contribution in [-0.2, 0) is 11.3 Å². The number of likely N-dealkylation sites (tertiary alicyclic amines) is 1. The second kappa shape index (κ2) is 4.49. The summed E-state index contributed by atoms with van der Waals surface area (Å²) >= 11 is 0. The summed E-state index contributed by atoms with van der Waals surface area (Å²) in [7, 11) is 0. The van der Waals surface area contributed by atoms with Gasteiger partial charge < -0.3 is 15.2 Å². The molecule has 2 rings (SSSR count). The van der Waals surface area contributed by atoms with Crippen molar-refractivity contribution in [2.45, 2.75) is 25.4 Å². The molecule has 0 bridgehead atoms. The molecule has 1 aliphatic rings. The third-order valence-electron chi connectivity index (χ3n) is 2.79. The fourth-order valence-corrected chi connectivity index (χ4v) is 1.97. The Morgan fingerprint density at radius 1 is 1.40 bits per heavy atom. The van der Waals surface area contributed by atoms with E-state index in [0.29, 0.717) is 13.1 Å². The molecule has 2 heterocycles. The maximum atomic E-state index is 11.9. The van der Waals surface area contributed by atoms with Crippen LogP contribution in [0.5, 0.6) is 0 Å². The van der Waals surface area contributed by atoms with Crippen molar-refractivity contribution in [3.8, 4) is 0 Å². The minimum atomic E-state index is 0.160. The first-order chi connectivity index (χ1) is 7.25. The van der Waals surface area contributed by atoms with E-state index in [1.165, 1.54) is 0 Å². The van der Waals surface area contributed by atoms with Gasteiger partial charge >= 0.3 is 0 Å². The molecule has 82 valence electrons. The van der Waals surface area contributed by atoms with Crippen molar-refractivity contribution < 1.29 is 4.79 Å². The zero-order chi connectivity index (χ0) is 10.7. The molecule has 0 radical (unpaired) electrons. The number of carbonyl (C=O) groups excluding carboxylic acids is 1. The number of nitrogens with zero attached hydrogens (tertiary/aromatic N) is 2. The predicted molar refractivity (Wildman–Crippen MR) is 58.2 cm³/mol. The SMILES string of the molecule is NC1CCCN(C(=O)Cn2cccc2)C1.